The van der Waals surface area contributed by atoms with Crippen molar-refractivity contribution in [1.82, 2.24) is 9.21 Å². The normalized spacial score (nSPS) is 15.5. The lowest BCUT2D eigenvalue weighted by atomic mass is 10.3. The van der Waals surface area contributed by atoms with Crippen LogP contribution in [0.5, 0.6) is 5.75 Å². The molecule has 1 aliphatic heterocycles. The summed E-state index contributed by atoms with van der Waals surface area (Å²) in [4.78, 5) is 14.1. The molecule has 31 heavy (non-hydrogen) atoms. The highest BCUT2D eigenvalue weighted by molar-refractivity contribution is 7.89. The van der Waals surface area contributed by atoms with E-state index >= 15 is 0 Å². The van der Waals surface area contributed by atoms with Gasteiger partial charge >= 0.3 is 6.36 Å². The molecular formula is C19H19ClF3N3O4S. The third-order valence-corrected chi connectivity index (χ3v) is 6.74. The maximum Gasteiger partial charge on any atom is 0.573 e. The number of amides is 1. The number of hydrogen-bond donors (Lipinski definition) is 1. The van der Waals surface area contributed by atoms with E-state index < -0.39 is 16.4 Å². The van der Waals surface area contributed by atoms with Gasteiger partial charge in [-0.25, -0.2) is 8.42 Å². The number of alkyl halides is 3. The average molecular weight is 478 g/mol. The van der Waals surface area contributed by atoms with Crippen molar-refractivity contribution >= 4 is 33.2 Å². The van der Waals surface area contributed by atoms with Gasteiger partial charge in [-0.1, -0.05) is 11.6 Å². The summed E-state index contributed by atoms with van der Waals surface area (Å²) >= 11 is 5.80. The molecule has 1 amide bonds. The van der Waals surface area contributed by atoms with Crippen molar-refractivity contribution in [3.63, 3.8) is 0 Å². The van der Waals surface area contributed by atoms with Crippen LogP contribution in [0, 0.1) is 0 Å². The van der Waals surface area contributed by atoms with Crippen LogP contribution in [0.2, 0.25) is 5.02 Å². The summed E-state index contributed by atoms with van der Waals surface area (Å²) in [6, 6.07) is 10.9. The molecule has 0 aromatic heterocycles. The number of anilines is 1. The molecule has 1 N–H and O–H groups in total. The summed E-state index contributed by atoms with van der Waals surface area (Å²) in [5.74, 6) is -0.610. The number of benzene rings is 2. The van der Waals surface area contributed by atoms with Crippen molar-refractivity contribution < 1.29 is 31.1 Å². The molecule has 0 atom stereocenters. The van der Waals surface area contributed by atoms with Crippen LogP contribution in [-0.2, 0) is 14.8 Å². The third kappa shape index (κ3) is 6.25. The number of halogens is 4. The van der Waals surface area contributed by atoms with Gasteiger partial charge in [0.2, 0.25) is 15.9 Å². The lowest BCUT2D eigenvalue weighted by molar-refractivity contribution is -0.274. The number of rotatable bonds is 6. The van der Waals surface area contributed by atoms with Gasteiger partial charge in [0.1, 0.15) is 5.75 Å². The van der Waals surface area contributed by atoms with Gasteiger partial charge in [-0.2, -0.15) is 4.31 Å². The van der Waals surface area contributed by atoms with Crippen LogP contribution in [0.15, 0.2) is 53.4 Å². The molecule has 3 rings (SSSR count). The van der Waals surface area contributed by atoms with E-state index in [2.05, 4.69) is 10.1 Å². The van der Waals surface area contributed by atoms with E-state index in [1.165, 1.54) is 45.6 Å². The van der Waals surface area contributed by atoms with Gasteiger partial charge in [0, 0.05) is 36.9 Å². The summed E-state index contributed by atoms with van der Waals surface area (Å²) in [6.45, 7) is 0.682. The summed E-state index contributed by atoms with van der Waals surface area (Å²) in [5.41, 5.74) is 0.451. The first-order valence-electron chi connectivity index (χ1n) is 9.18. The Morgan fingerprint density at radius 1 is 1.00 bits per heavy atom. The zero-order chi connectivity index (χ0) is 22.6. The molecule has 1 aliphatic rings. The topological polar surface area (TPSA) is 79.0 Å². The molecule has 7 nitrogen and oxygen atoms in total. The Balaban J connectivity index is 1.49. The lowest BCUT2D eigenvalue weighted by Crippen LogP contribution is -2.51. The molecule has 1 fully saturated rings. The Bertz CT molecular complexity index is 1010. The van der Waals surface area contributed by atoms with E-state index in [1.807, 2.05) is 0 Å². The van der Waals surface area contributed by atoms with Crippen molar-refractivity contribution in [1.29, 1.82) is 0 Å². The Hall–Kier alpha value is -2.50. The molecule has 0 spiro atoms. The van der Waals surface area contributed by atoms with Crippen molar-refractivity contribution in [2.24, 2.45) is 0 Å². The molecule has 0 unspecified atom stereocenters. The van der Waals surface area contributed by atoms with Crippen LogP contribution in [0.25, 0.3) is 0 Å². The molecule has 2 aromatic rings. The number of ether oxygens (including phenoxy) is 1. The van der Waals surface area contributed by atoms with Crippen LogP contribution in [0.3, 0.4) is 0 Å². The van der Waals surface area contributed by atoms with Gasteiger partial charge in [0.25, 0.3) is 0 Å². The second-order valence-corrected chi connectivity index (χ2v) is 9.04. The monoisotopic (exact) mass is 477 g/mol. The van der Waals surface area contributed by atoms with Crippen molar-refractivity contribution in [2.75, 3.05) is 38.0 Å². The van der Waals surface area contributed by atoms with Gasteiger partial charge < -0.3 is 15.0 Å². The molecule has 0 aliphatic carbocycles. The third-order valence-electron chi connectivity index (χ3n) is 4.57. The fourth-order valence-corrected chi connectivity index (χ4v) is 4.55. The number of hydrogen-bond acceptors (Lipinski definition) is 5. The molecule has 0 radical (unpaired) electrons. The zero-order valence-electron chi connectivity index (χ0n) is 16.1. The number of nitrogens with one attached hydrogen (secondary N) is 1. The fraction of sp³-hybridized carbons (Fsp3) is 0.316. The molecule has 0 saturated carbocycles. The smallest absolute Gasteiger partial charge is 0.406 e. The molecule has 1 heterocycles. The van der Waals surface area contributed by atoms with E-state index in [1.54, 1.807) is 0 Å². The summed E-state index contributed by atoms with van der Waals surface area (Å²) in [5, 5.41) is 3.27. The standard InChI is InChI=1S/C19H19ClF3N3O4S/c20-14-1-7-17(8-2-14)31(28,29)26-11-9-25(10-12-26)18(27)13-24-15-3-5-16(6-4-15)30-19(21,22)23/h1-8,24H,9-13H2. The largest absolute Gasteiger partial charge is 0.573 e. The maximum atomic E-state index is 12.7. The Kier molecular flexibility index (Phi) is 6.97. The molecule has 168 valence electrons. The van der Waals surface area contributed by atoms with Crippen LogP contribution < -0.4 is 10.1 Å². The van der Waals surface area contributed by atoms with Crippen LogP contribution in [-0.4, -0.2) is 62.6 Å². The fourth-order valence-electron chi connectivity index (χ4n) is 3.00. The highest BCUT2D eigenvalue weighted by Gasteiger charge is 2.31. The first kappa shape index (κ1) is 23.2. The predicted octanol–water partition coefficient (Wildman–Crippen LogP) is 3.18. The second-order valence-electron chi connectivity index (χ2n) is 6.66. The van der Waals surface area contributed by atoms with Gasteiger partial charge in [0.15, 0.2) is 0 Å². The van der Waals surface area contributed by atoms with Crippen molar-refractivity contribution in [2.45, 2.75) is 11.3 Å². The molecular weight excluding hydrogens is 459 g/mol. The quantitative estimate of drug-likeness (QED) is 0.691. The highest BCUT2D eigenvalue weighted by Crippen LogP contribution is 2.24. The zero-order valence-corrected chi connectivity index (χ0v) is 17.7. The maximum absolute atomic E-state index is 12.7. The highest BCUT2D eigenvalue weighted by atomic mass is 35.5. The Morgan fingerprint density at radius 3 is 2.13 bits per heavy atom. The first-order valence-corrected chi connectivity index (χ1v) is 11.0. The number of carbonyl (C=O) groups excluding carboxylic acids is 1. The average Bonchev–Trinajstić information content (AvgIpc) is 2.72. The minimum absolute atomic E-state index is 0.0800. The Labute approximate surface area is 182 Å². The number of nitrogens with zero attached hydrogens (tertiary/aromatic N) is 2. The second kappa shape index (κ2) is 9.33. The van der Waals surface area contributed by atoms with Gasteiger partial charge in [0.05, 0.1) is 11.4 Å². The van der Waals surface area contributed by atoms with Gasteiger partial charge in [-0.3, -0.25) is 4.79 Å². The van der Waals surface area contributed by atoms with Crippen LogP contribution >= 0.6 is 11.6 Å². The lowest BCUT2D eigenvalue weighted by Gasteiger charge is -2.34. The molecule has 0 bridgehead atoms. The van der Waals surface area contributed by atoms with Gasteiger partial charge in [-0.05, 0) is 48.5 Å². The summed E-state index contributed by atoms with van der Waals surface area (Å²) in [6.07, 6.45) is -4.77. The Morgan fingerprint density at radius 2 is 1.58 bits per heavy atom. The van der Waals surface area contributed by atoms with Crippen molar-refractivity contribution in [3.8, 4) is 5.75 Å². The first-order chi connectivity index (χ1) is 14.5. The minimum atomic E-state index is -4.77. The van der Waals surface area contributed by atoms with E-state index in [-0.39, 0.29) is 49.3 Å². The number of sulfonamides is 1. The summed E-state index contributed by atoms with van der Waals surface area (Å²) in [7, 11) is -3.67. The van der Waals surface area contributed by atoms with Gasteiger partial charge in [-0.15, -0.1) is 13.2 Å². The van der Waals surface area contributed by atoms with E-state index in [4.69, 9.17) is 11.6 Å². The van der Waals surface area contributed by atoms with E-state index in [9.17, 15) is 26.4 Å². The molecule has 12 heteroatoms. The minimum Gasteiger partial charge on any atom is -0.406 e. The molecule has 2 aromatic carbocycles. The van der Waals surface area contributed by atoms with E-state index in [0.29, 0.717) is 10.7 Å². The summed E-state index contributed by atoms with van der Waals surface area (Å²) < 4.78 is 67.0. The van der Waals surface area contributed by atoms with E-state index in [0.717, 1.165) is 12.1 Å². The predicted molar refractivity (Wildman–Crippen MR) is 108 cm³/mol. The van der Waals surface area contributed by atoms with Crippen LogP contribution in [0.4, 0.5) is 18.9 Å². The van der Waals surface area contributed by atoms with Crippen LogP contribution in [0.1, 0.15) is 0 Å². The number of piperazine rings is 1. The van der Waals surface area contributed by atoms with Crippen molar-refractivity contribution in [3.05, 3.63) is 53.6 Å². The SMILES string of the molecule is O=C(CNc1ccc(OC(F)(F)F)cc1)N1CCN(S(=O)(=O)c2ccc(Cl)cc2)CC1. The number of carbonyl (C=O) groups is 1. The molecule has 1 saturated heterocycles.